The number of rotatable bonds is 10. The number of amidine groups is 1. The zero-order valence-corrected chi connectivity index (χ0v) is 36.1. The second-order valence-corrected chi connectivity index (χ2v) is 17.1. The van der Waals surface area contributed by atoms with Crippen LogP contribution in [0.25, 0.3) is 11.6 Å². The van der Waals surface area contributed by atoms with E-state index in [-0.39, 0.29) is 42.9 Å². The molecule has 332 valence electrons. The second-order valence-electron chi connectivity index (χ2n) is 17.1. The van der Waals surface area contributed by atoms with Gasteiger partial charge in [0.15, 0.2) is 35.9 Å². The molecule has 3 N–H and O–H groups in total. The summed E-state index contributed by atoms with van der Waals surface area (Å²) in [5.41, 5.74) is 0.242. The third-order valence-corrected chi connectivity index (χ3v) is 12.4. The molecule has 2 aromatic rings. The fourth-order valence-corrected chi connectivity index (χ4v) is 9.09. The number of fused-ring (bicyclic) bond motifs is 1. The number of nitrogens with zero attached hydrogens (tertiary/aromatic N) is 5. The number of likely N-dealkylation sites (N-methyl/N-ethyl adjacent to an activating group) is 1. The molecule has 3 aliphatic rings. The first-order valence-corrected chi connectivity index (χ1v) is 20.2. The molecule has 2 aromatic heterocycles. The van der Waals surface area contributed by atoms with Crippen molar-refractivity contribution in [3.63, 3.8) is 0 Å². The Morgan fingerprint density at radius 2 is 1.75 bits per heavy atom. The van der Waals surface area contributed by atoms with E-state index >= 15 is 4.39 Å². The van der Waals surface area contributed by atoms with Gasteiger partial charge >= 0.3 is 11.9 Å². The number of ketones is 2. The number of esters is 2. The lowest BCUT2D eigenvalue weighted by molar-refractivity contribution is -0.295. The number of carbonyl (C=O) groups is 4. The molecule has 0 aromatic carbocycles. The quantitative estimate of drug-likeness (QED) is 0.115. The highest BCUT2D eigenvalue weighted by atomic mass is 19.1. The number of hydrogen-bond donors (Lipinski definition) is 2. The number of cyclic esters (lactones) is 1. The lowest BCUT2D eigenvalue weighted by atomic mass is 9.67. The molecule has 0 radical (unpaired) electrons. The fourth-order valence-electron chi connectivity index (χ4n) is 9.09. The van der Waals surface area contributed by atoms with Gasteiger partial charge in [0.1, 0.15) is 29.6 Å². The van der Waals surface area contributed by atoms with Crippen molar-refractivity contribution in [2.24, 2.45) is 40.5 Å². The normalized spacial score (nSPS) is 38.6. The summed E-state index contributed by atoms with van der Waals surface area (Å²) in [5, 5.41) is 19.4. The molecule has 0 bridgehead atoms. The molecule has 18 nitrogen and oxygen atoms in total. The summed E-state index contributed by atoms with van der Waals surface area (Å²) in [5.74, 6) is -9.58. The van der Waals surface area contributed by atoms with Crippen molar-refractivity contribution in [2.75, 3.05) is 21.2 Å². The first kappa shape index (κ1) is 46.6. The minimum absolute atomic E-state index is 0.0161. The molecule has 5 heterocycles. The van der Waals surface area contributed by atoms with Crippen LogP contribution in [0.15, 0.2) is 34.2 Å². The van der Waals surface area contributed by atoms with Gasteiger partial charge in [-0.15, -0.1) is 0 Å². The number of Topliss-reactive ketones (excluding diaryl/α,β-unsaturated/α-hetero) is 2. The Morgan fingerprint density at radius 3 is 2.37 bits per heavy atom. The number of methoxy groups -OCH3 is 1. The number of halogens is 1. The summed E-state index contributed by atoms with van der Waals surface area (Å²) < 4.78 is 52.5. The topological polar surface area (TPSA) is 237 Å². The lowest BCUT2D eigenvalue weighted by Gasteiger charge is -2.47. The maximum atomic E-state index is 16.9. The Morgan fingerprint density at radius 1 is 1.08 bits per heavy atom. The van der Waals surface area contributed by atoms with Crippen LogP contribution in [-0.4, -0.2) is 129 Å². The van der Waals surface area contributed by atoms with E-state index in [1.54, 1.807) is 66.3 Å². The van der Waals surface area contributed by atoms with Gasteiger partial charge in [-0.25, -0.2) is 19.2 Å². The fraction of sp³-hybridized carbons (Fsp3) is 0.707. The maximum Gasteiger partial charge on any atom is 0.351 e. The molecule has 0 aliphatic carbocycles. The highest BCUT2D eigenvalue weighted by molar-refractivity contribution is 6.08. The Kier molecular flexibility index (Phi) is 14.2. The van der Waals surface area contributed by atoms with Gasteiger partial charge in [0.05, 0.1) is 17.8 Å². The van der Waals surface area contributed by atoms with Crippen LogP contribution in [-0.2, 0) is 54.3 Å². The molecule has 3 saturated heterocycles. The molecular formula is C41H59FN6O12. The van der Waals surface area contributed by atoms with Crippen molar-refractivity contribution in [3.8, 4) is 11.6 Å². The molecule has 60 heavy (non-hydrogen) atoms. The Labute approximate surface area is 349 Å². The third kappa shape index (κ3) is 9.10. The van der Waals surface area contributed by atoms with E-state index in [1.165, 1.54) is 21.0 Å². The Bertz CT molecular complexity index is 1900. The number of oxime groups is 1. The van der Waals surface area contributed by atoms with Gasteiger partial charge in [0.25, 0.3) is 5.67 Å². The van der Waals surface area contributed by atoms with Crippen molar-refractivity contribution in [1.82, 2.24) is 20.0 Å². The van der Waals surface area contributed by atoms with Crippen LogP contribution in [0.3, 0.4) is 0 Å². The van der Waals surface area contributed by atoms with Crippen molar-refractivity contribution in [3.05, 3.63) is 30.2 Å². The predicted molar refractivity (Wildman–Crippen MR) is 210 cm³/mol. The van der Waals surface area contributed by atoms with Gasteiger partial charge in [-0.2, -0.15) is 0 Å². The minimum Gasteiger partial charge on any atom is -0.455 e. The summed E-state index contributed by atoms with van der Waals surface area (Å²) in [6.45, 7) is 11.7. The SMILES string of the molecule is CC[C@@H]1OC(=O)[C@@](C)(F)C(=O)[C@H](C)[C@@H](OC2O[C@H](C)C[C@H](N(C)C)[C@H]2O)[C@](C)(OC)C[C@@H](C)C(=O)[C@H](C)[C@H]2[C@H](/C(N)=N/OCc3cc(-c4ncccn4)on3)C(=O)O[C@@]21C. The Balaban J connectivity index is 1.52. The van der Waals surface area contributed by atoms with Crippen LogP contribution in [0.2, 0.25) is 0 Å². The number of alkyl halides is 1. The molecule has 14 atom stereocenters. The second kappa shape index (κ2) is 18.3. The molecule has 1 unspecified atom stereocenters. The van der Waals surface area contributed by atoms with E-state index in [2.05, 4.69) is 20.3 Å². The number of hydrogen-bond acceptors (Lipinski definition) is 17. The lowest BCUT2D eigenvalue weighted by Crippen LogP contribution is -2.61. The number of aliphatic hydroxyl groups is 1. The highest BCUT2D eigenvalue weighted by Crippen LogP contribution is 2.48. The largest absolute Gasteiger partial charge is 0.455 e. The first-order valence-electron chi connectivity index (χ1n) is 20.2. The van der Waals surface area contributed by atoms with E-state index in [9.17, 15) is 24.3 Å². The van der Waals surface area contributed by atoms with Gasteiger partial charge in [-0.1, -0.05) is 38.0 Å². The van der Waals surface area contributed by atoms with Gasteiger partial charge in [0.2, 0.25) is 5.76 Å². The first-order chi connectivity index (χ1) is 28.1. The predicted octanol–water partition coefficient (Wildman–Crippen LogP) is 3.18. The van der Waals surface area contributed by atoms with Crippen LogP contribution in [0.1, 0.15) is 80.3 Å². The number of ether oxygens (including phenoxy) is 5. The molecule has 0 amide bonds. The van der Waals surface area contributed by atoms with E-state index in [0.29, 0.717) is 17.9 Å². The average molecular weight is 847 g/mol. The monoisotopic (exact) mass is 846 g/mol. The molecule has 0 spiro atoms. The van der Waals surface area contributed by atoms with Gasteiger partial charge < -0.3 is 48.8 Å². The average Bonchev–Trinajstić information content (AvgIpc) is 3.79. The summed E-state index contributed by atoms with van der Waals surface area (Å²) in [6, 6.07) is 2.80. The van der Waals surface area contributed by atoms with Gasteiger partial charge in [-0.3, -0.25) is 14.4 Å². The van der Waals surface area contributed by atoms with Crippen LogP contribution < -0.4 is 5.73 Å². The van der Waals surface area contributed by atoms with E-state index in [0.717, 1.165) is 6.92 Å². The summed E-state index contributed by atoms with van der Waals surface area (Å²) in [7, 11) is 4.96. The van der Waals surface area contributed by atoms with E-state index in [1.807, 2.05) is 11.8 Å². The van der Waals surface area contributed by atoms with Crippen LogP contribution in [0.4, 0.5) is 4.39 Å². The number of carbonyl (C=O) groups excluding carboxylic acids is 4. The minimum atomic E-state index is -3.25. The Hall–Kier alpha value is -4.43. The third-order valence-electron chi connectivity index (χ3n) is 12.4. The van der Waals surface area contributed by atoms with Gasteiger partial charge in [-0.05, 0) is 67.1 Å². The van der Waals surface area contributed by atoms with Crippen molar-refractivity contribution in [2.45, 2.75) is 135 Å². The summed E-state index contributed by atoms with van der Waals surface area (Å²) in [4.78, 5) is 72.3. The molecule has 3 aliphatic heterocycles. The zero-order chi connectivity index (χ0) is 44.5. The highest BCUT2D eigenvalue weighted by Gasteiger charge is 2.63. The zero-order valence-electron chi connectivity index (χ0n) is 36.1. The molecule has 0 saturated carbocycles. The molecule has 3 fully saturated rings. The van der Waals surface area contributed by atoms with Crippen LogP contribution >= 0.6 is 0 Å². The van der Waals surface area contributed by atoms with Gasteiger partial charge in [0, 0.05) is 55.3 Å². The summed E-state index contributed by atoms with van der Waals surface area (Å²) >= 11 is 0. The number of aromatic nitrogens is 3. The van der Waals surface area contributed by atoms with E-state index in [4.69, 9.17) is 38.8 Å². The van der Waals surface area contributed by atoms with E-state index < -0.39 is 94.8 Å². The number of nitrogens with two attached hydrogens (primary N) is 1. The molecular weight excluding hydrogens is 787 g/mol. The molecule has 19 heteroatoms. The van der Waals surface area contributed by atoms with Crippen molar-refractivity contribution < 1.29 is 61.7 Å². The van der Waals surface area contributed by atoms with Crippen LogP contribution in [0, 0.1) is 29.6 Å². The maximum absolute atomic E-state index is 16.9. The van der Waals surface area contributed by atoms with Crippen molar-refractivity contribution >= 4 is 29.3 Å². The van der Waals surface area contributed by atoms with Crippen molar-refractivity contribution in [1.29, 1.82) is 0 Å². The summed E-state index contributed by atoms with van der Waals surface area (Å²) in [6.07, 6.45) is -2.12. The van der Waals surface area contributed by atoms with Crippen LogP contribution in [0.5, 0.6) is 0 Å². The standard InChI is InChI=1S/C41H59FN6O12/c1-12-27-41(8)29(28(36(52)59-41)34(43)47-55-19-24-17-26(60-46-24)35-44-14-13-15-45-35)22(4)30(49)20(2)18-39(6,54-11)33(23(5)32(51)40(7,42)38(53)57-27)58-37-31(50)25(48(9)10)16-21(3)56-37/h13-15,17,20-23,25,27-29,31,33,37,50H,12,16,18-19H2,1-11H3,(H2,43,47)/t20-,21-,22-,23+,25+,27+,28-,29+,31-,33-,37?,39-,40+,41-/m1/s1. The number of aliphatic hydroxyl groups excluding tert-OH is 1. The molecule has 5 rings (SSSR count). The smallest absolute Gasteiger partial charge is 0.351 e.